The number of carbonyl (C=O) groups excluding carboxylic acids is 1. The molecule has 2 heterocycles. The molecule has 2 fully saturated rings. The number of ether oxygens (including phenoxy) is 1. The highest BCUT2D eigenvalue weighted by Crippen LogP contribution is 2.61. The number of nitrogens with one attached hydrogen (secondary N) is 1. The van der Waals surface area contributed by atoms with Crippen LogP contribution in [0.15, 0.2) is 65.9 Å². The molecule has 0 unspecified atom stereocenters. The molecule has 0 aromatic heterocycles. The average molecular weight is 601 g/mol. The summed E-state index contributed by atoms with van der Waals surface area (Å²) in [4.78, 5) is 16.3. The zero-order valence-corrected chi connectivity index (χ0v) is 28.3. The summed E-state index contributed by atoms with van der Waals surface area (Å²) < 4.78 is 12.5. The lowest BCUT2D eigenvalue weighted by atomic mass is 9.59. The highest BCUT2D eigenvalue weighted by atomic mass is 28.4. The SMILES string of the molecule is COC(=O)C1=C2Nc3ccccc3[C@]23CCN(Cc2ccccc2)[C@@H]3[C@@H](CC2(CO[Si](C)(C)C(C)(C)C)CCCCC2)C1. The Balaban J connectivity index is 1.43. The number of fused-ring (bicyclic) bond motifs is 1. The lowest BCUT2D eigenvalue weighted by Crippen LogP contribution is -2.53. The summed E-state index contributed by atoms with van der Waals surface area (Å²) in [6.07, 6.45) is 9.14. The van der Waals surface area contributed by atoms with Gasteiger partial charge in [-0.15, -0.1) is 0 Å². The molecule has 6 heteroatoms. The van der Waals surface area contributed by atoms with Crippen LogP contribution in [0.5, 0.6) is 0 Å². The van der Waals surface area contributed by atoms with Gasteiger partial charge in [0.1, 0.15) is 0 Å². The Kier molecular flexibility index (Phi) is 8.19. The maximum Gasteiger partial charge on any atom is 0.335 e. The number of hydrogen-bond acceptors (Lipinski definition) is 5. The van der Waals surface area contributed by atoms with Crippen LogP contribution in [-0.4, -0.2) is 45.5 Å². The molecule has 2 aromatic carbocycles. The number of carbonyl (C=O) groups is 1. The first-order valence-electron chi connectivity index (χ1n) is 16.6. The van der Waals surface area contributed by atoms with E-state index in [1.165, 1.54) is 50.3 Å². The van der Waals surface area contributed by atoms with Crippen molar-refractivity contribution in [2.45, 2.75) is 108 Å². The fraction of sp³-hybridized carbons (Fsp3) is 0.595. The Morgan fingerprint density at radius 2 is 1.70 bits per heavy atom. The first-order valence-corrected chi connectivity index (χ1v) is 19.5. The summed E-state index contributed by atoms with van der Waals surface area (Å²) in [6.45, 7) is 14.6. The van der Waals surface area contributed by atoms with Gasteiger partial charge in [-0.2, -0.15) is 0 Å². The highest BCUT2D eigenvalue weighted by Gasteiger charge is 2.61. The Morgan fingerprint density at radius 3 is 2.40 bits per heavy atom. The first-order chi connectivity index (χ1) is 20.5. The van der Waals surface area contributed by atoms with Crippen molar-refractivity contribution < 1.29 is 14.0 Å². The minimum Gasteiger partial charge on any atom is -0.466 e. The quantitative estimate of drug-likeness (QED) is 0.243. The summed E-state index contributed by atoms with van der Waals surface area (Å²) in [7, 11) is -0.364. The molecule has 43 heavy (non-hydrogen) atoms. The zero-order valence-electron chi connectivity index (χ0n) is 27.3. The van der Waals surface area contributed by atoms with Gasteiger partial charge in [-0.1, -0.05) is 88.6 Å². The fourth-order valence-corrected chi connectivity index (χ4v) is 9.77. The lowest BCUT2D eigenvalue weighted by molar-refractivity contribution is -0.136. The van der Waals surface area contributed by atoms with Crippen LogP contribution in [0.25, 0.3) is 0 Å². The Bertz CT molecular complexity index is 1360. The Hall–Kier alpha value is -2.41. The average Bonchev–Trinajstić information content (AvgIpc) is 3.54. The summed E-state index contributed by atoms with van der Waals surface area (Å²) in [6, 6.07) is 20.0. The topological polar surface area (TPSA) is 50.8 Å². The molecule has 0 bridgehead atoms. The number of benzene rings is 2. The van der Waals surface area contributed by atoms with E-state index < -0.39 is 8.32 Å². The van der Waals surface area contributed by atoms with E-state index in [0.29, 0.717) is 12.0 Å². The number of likely N-dealkylation sites (tertiary alicyclic amines) is 1. The van der Waals surface area contributed by atoms with Gasteiger partial charge in [-0.3, -0.25) is 4.90 Å². The normalized spacial score (nSPS) is 26.8. The minimum absolute atomic E-state index is 0.144. The molecule has 4 aliphatic rings. The highest BCUT2D eigenvalue weighted by molar-refractivity contribution is 6.74. The van der Waals surface area contributed by atoms with Crippen LogP contribution in [0.1, 0.15) is 83.3 Å². The second kappa shape index (κ2) is 11.5. The van der Waals surface area contributed by atoms with Crippen LogP contribution < -0.4 is 5.32 Å². The molecule has 1 N–H and O–H groups in total. The van der Waals surface area contributed by atoms with E-state index in [9.17, 15) is 4.79 Å². The molecule has 1 saturated carbocycles. The first kappa shape index (κ1) is 30.6. The second-order valence-corrected chi connectivity index (χ2v) is 20.2. The molecule has 0 radical (unpaired) electrons. The Labute approximate surface area is 260 Å². The molecule has 3 atom stereocenters. The standard InChI is InChI=1S/C37H52N2O3Si/c1-35(2,3)43(5,6)42-26-36(19-13-8-14-20-36)24-28-23-29(34(40)41-4)32-37(30-17-11-12-18-31(30)38-32)21-22-39(33(28)37)25-27-15-9-7-10-16-27/h7,9-12,15-18,28,33,38H,8,13-14,19-26H2,1-6H3/t28-,33-,37-/m1/s1. The van der Waals surface area contributed by atoms with E-state index in [-0.39, 0.29) is 21.8 Å². The van der Waals surface area contributed by atoms with Crippen molar-refractivity contribution in [2.75, 3.05) is 25.6 Å². The number of rotatable bonds is 8. The molecule has 1 spiro atoms. The molecule has 1 saturated heterocycles. The Morgan fingerprint density at radius 1 is 1.00 bits per heavy atom. The van der Waals surface area contributed by atoms with Gasteiger partial charge in [-0.05, 0) is 78.8 Å². The second-order valence-electron chi connectivity index (χ2n) is 15.4. The molecule has 232 valence electrons. The molecule has 2 aliphatic heterocycles. The summed E-state index contributed by atoms with van der Waals surface area (Å²) in [5, 5.41) is 3.96. The van der Waals surface area contributed by atoms with Gasteiger partial charge in [-0.25, -0.2) is 4.79 Å². The van der Waals surface area contributed by atoms with Gasteiger partial charge < -0.3 is 14.5 Å². The van der Waals surface area contributed by atoms with E-state index in [4.69, 9.17) is 9.16 Å². The number of para-hydroxylation sites is 1. The molecular formula is C37H52N2O3Si. The minimum atomic E-state index is -1.90. The van der Waals surface area contributed by atoms with Gasteiger partial charge in [0.25, 0.3) is 0 Å². The monoisotopic (exact) mass is 600 g/mol. The third-order valence-corrected chi connectivity index (χ3v) is 16.3. The van der Waals surface area contributed by atoms with Crippen LogP contribution in [0.4, 0.5) is 5.69 Å². The van der Waals surface area contributed by atoms with Crippen molar-refractivity contribution in [2.24, 2.45) is 11.3 Å². The molecule has 0 amide bonds. The summed E-state index contributed by atoms with van der Waals surface area (Å²) in [5.74, 6) is 0.160. The number of hydrogen-bond donors (Lipinski definition) is 1. The van der Waals surface area contributed by atoms with Gasteiger partial charge in [0.2, 0.25) is 0 Å². The van der Waals surface area contributed by atoms with Gasteiger partial charge in [0.05, 0.1) is 18.1 Å². The molecule has 2 aromatic rings. The molecular weight excluding hydrogens is 549 g/mol. The number of esters is 1. The van der Waals surface area contributed by atoms with E-state index >= 15 is 0 Å². The lowest BCUT2D eigenvalue weighted by Gasteiger charge is -2.50. The van der Waals surface area contributed by atoms with Gasteiger partial charge >= 0.3 is 5.97 Å². The van der Waals surface area contributed by atoms with E-state index in [1.807, 2.05) is 0 Å². The molecule has 6 rings (SSSR count). The smallest absolute Gasteiger partial charge is 0.335 e. The van der Waals surface area contributed by atoms with E-state index in [2.05, 4.69) is 98.7 Å². The predicted octanol–water partition coefficient (Wildman–Crippen LogP) is 8.43. The van der Waals surface area contributed by atoms with Gasteiger partial charge in [0.15, 0.2) is 8.32 Å². The van der Waals surface area contributed by atoms with Crippen LogP contribution in [-0.2, 0) is 25.9 Å². The van der Waals surface area contributed by atoms with E-state index in [1.54, 1.807) is 0 Å². The summed E-state index contributed by atoms with van der Waals surface area (Å²) in [5.41, 5.74) is 5.74. The maximum absolute atomic E-state index is 13.6. The van der Waals surface area contributed by atoms with Crippen LogP contribution in [0.2, 0.25) is 18.1 Å². The fourth-order valence-electron chi connectivity index (χ4n) is 8.67. The number of nitrogens with zero attached hydrogens (tertiary/aromatic N) is 1. The predicted molar refractivity (Wildman–Crippen MR) is 177 cm³/mol. The third kappa shape index (κ3) is 5.42. The van der Waals surface area contributed by atoms with Crippen molar-refractivity contribution >= 4 is 20.0 Å². The largest absolute Gasteiger partial charge is 0.466 e. The van der Waals surface area contributed by atoms with Crippen LogP contribution >= 0.6 is 0 Å². The van der Waals surface area contributed by atoms with Crippen molar-refractivity contribution in [3.8, 4) is 0 Å². The van der Waals surface area contributed by atoms with E-state index in [0.717, 1.165) is 55.9 Å². The zero-order chi connectivity index (χ0) is 30.5. The maximum atomic E-state index is 13.6. The molecule has 5 nitrogen and oxygen atoms in total. The summed E-state index contributed by atoms with van der Waals surface area (Å²) >= 11 is 0. The van der Waals surface area contributed by atoms with Crippen molar-refractivity contribution in [1.29, 1.82) is 0 Å². The number of anilines is 1. The van der Waals surface area contributed by atoms with Crippen LogP contribution in [0, 0.1) is 11.3 Å². The number of methoxy groups -OCH3 is 1. The molecule has 2 aliphatic carbocycles. The third-order valence-electron chi connectivity index (χ3n) is 11.8. The van der Waals surface area contributed by atoms with Gasteiger partial charge in [0, 0.05) is 37.1 Å². The van der Waals surface area contributed by atoms with Crippen molar-refractivity contribution in [3.63, 3.8) is 0 Å². The van der Waals surface area contributed by atoms with Crippen molar-refractivity contribution in [1.82, 2.24) is 4.90 Å². The van der Waals surface area contributed by atoms with Crippen LogP contribution in [0.3, 0.4) is 0 Å². The van der Waals surface area contributed by atoms with Crippen molar-refractivity contribution in [3.05, 3.63) is 77.0 Å².